The highest BCUT2D eigenvalue weighted by molar-refractivity contribution is 5.90. The van der Waals surface area contributed by atoms with E-state index in [-0.39, 0.29) is 23.4 Å². The van der Waals surface area contributed by atoms with E-state index in [0.29, 0.717) is 30.8 Å². The van der Waals surface area contributed by atoms with E-state index in [1.165, 1.54) is 6.20 Å². The molecule has 1 saturated heterocycles. The maximum atomic E-state index is 13.7. The lowest BCUT2D eigenvalue weighted by atomic mass is 9.90. The van der Waals surface area contributed by atoms with Gasteiger partial charge >= 0.3 is 12.3 Å². The Morgan fingerprint density at radius 3 is 2.77 bits per heavy atom. The van der Waals surface area contributed by atoms with Crippen molar-refractivity contribution in [3.05, 3.63) is 35.5 Å². The number of rotatable bonds is 2. The summed E-state index contributed by atoms with van der Waals surface area (Å²) in [4.78, 5) is 22.4. The fraction of sp³-hybridized carbons (Fsp3) is 0.450. The lowest BCUT2D eigenvalue weighted by Crippen LogP contribution is -2.49. The summed E-state index contributed by atoms with van der Waals surface area (Å²) in [7, 11) is 0. The topological polar surface area (TPSA) is 79.4 Å². The SMILES string of the molecule is C[C@H]1CN(c2cc(C(F)(F)F)cc(-c3ccnc4c3C(C)(C)OC(=O)N4)n2)CCN1. The van der Waals surface area contributed by atoms with Crippen molar-refractivity contribution in [1.82, 2.24) is 15.3 Å². The molecule has 2 N–H and O–H groups in total. The molecule has 10 heteroatoms. The molecule has 1 atom stereocenters. The van der Waals surface area contributed by atoms with E-state index >= 15 is 0 Å². The smallest absolute Gasteiger partial charge is 0.416 e. The summed E-state index contributed by atoms with van der Waals surface area (Å²) in [5, 5.41) is 5.79. The van der Waals surface area contributed by atoms with Gasteiger partial charge in [0.1, 0.15) is 17.2 Å². The highest BCUT2D eigenvalue weighted by Crippen LogP contribution is 2.42. The second-order valence-corrected chi connectivity index (χ2v) is 8.01. The van der Waals surface area contributed by atoms with Gasteiger partial charge in [-0.2, -0.15) is 13.2 Å². The van der Waals surface area contributed by atoms with Crippen molar-refractivity contribution in [1.29, 1.82) is 0 Å². The molecule has 1 amide bonds. The molecule has 0 saturated carbocycles. The van der Waals surface area contributed by atoms with Gasteiger partial charge in [0.05, 0.1) is 11.3 Å². The normalized spacial score (nSPS) is 20.9. The maximum absolute atomic E-state index is 13.7. The average molecular weight is 421 g/mol. The van der Waals surface area contributed by atoms with Crippen molar-refractivity contribution in [2.24, 2.45) is 0 Å². The Labute approximate surface area is 171 Å². The summed E-state index contributed by atoms with van der Waals surface area (Å²) in [6.07, 6.45) is -3.76. The number of fused-ring (bicyclic) bond motifs is 1. The van der Waals surface area contributed by atoms with Crippen LogP contribution < -0.4 is 15.5 Å². The molecule has 160 valence electrons. The third-order valence-electron chi connectivity index (χ3n) is 5.23. The summed E-state index contributed by atoms with van der Waals surface area (Å²) < 4.78 is 46.5. The summed E-state index contributed by atoms with van der Waals surface area (Å²) in [5.41, 5.74) is -0.798. The minimum atomic E-state index is -4.53. The van der Waals surface area contributed by atoms with Crippen molar-refractivity contribution in [3.8, 4) is 11.3 Å². The molecule has 4 heterocycles. The molecule has 2 aliphatic rings. The van der Waals surface area contributed by atoms with Crippen molar-refractivity contribution >= 4 is 17.7 Å². The number of carbonyl (C=O) groups excluding carboxylic acids is 1. The zero-order valence-corrected chi connectivity index (χ0v) is 16.8. The van der Waals surface area contributed by atoms with Gasteiger partial charge in [0.2, 0.25) is 0 Å². The number of piperazine rings is 1. The number of halogens is 3. The lowest BCUT2D eigenvalue weighted by molar-refractivity contribution is -0.137. The van der Waals surface area contributed by atoms with Crippen molar-refractivity contribution in [2.45, 2.75) is 38.6 Å². The molecule has 0 aromatic carbocycles. The minimum absolute atomic E-state index is 0.134. The van der Waals surface area contributed by atoms with Crippen molar-refractivity contribution in [3.63, 3.8) is 0 Å². The molecule has 2 aliphatic heterocycles. The number of hydrogen-bond acceptors (Lipinski definition) is 6. The van der Waals surface area contributed by atoms with Gasteiger partial charge in [-0.15, -0.1) is 0 Å². The second kappa shape index (κ2) is 7.12. The van der Waals surface area contributed by atoms with Crippen LogP contribution in [0.15, 0.2) is 24.4 Å². The number of anilines is 2. The van der Waals surface area contributed by atoms with Crippen LogP contribution in [0.25, 0.3) is 11.3 Å². The van der Waals surface area contributed by atoms with Crippen LogP contribution in [-0.4, -0.2) is 41.7 Å². The summed E-state index contributed by atoms with van der Waals surface area (Å²) in [6.45, 7) is 7.07. The first-order chi connectivity index (χ1) is 14.0. The van der Waals surface area contributed by atoms with E-state index in [0.717, 1.165) is 12.1 Å². The van der Waals surface area contributed by atoms with Crippen LogP contribution >= 0.6 is 0 Å². The van der Waals surface area contributed by atoms with Gasteiger partial charge in [-0.1, -0.05) is 0 Å². The van der Waals surface area contributed by atoms with Gasteiger partial charge in [0.15, 0.2) is 0 Å². The zero-order chi connectivity index (χ0) is 21.7. The molecule has 2 aromatic rings. The summed E-state index contributed by atoms with van der Waals surface area (Å²) in [5.74, 6) is 0.516. The van der Waals surface area contributed by atoms with E-state index in [1.54, 1.807) is 19.9 Å². The van der Waals surface area contributed by atoms with Gasteiger partial charge in [0, 0.05) is 43.0 Å². The van der Waals surface area contributed by atoms with Crippen LogP contribution in [0.5, 0.6) is 0 Å². The Morgan fingerprint density at radius 1 is 1.30 bits per heavy atom. The highest BCUT2D eigenvalue weighted by atomic mass is 19.4. The predicted molar refractivity (Wildman–Crippen MR) is 105 cm³/mol. The van der Waals surface area contributed by atoms with E-state index < -0.39 is 23.4 Å². The van der Waals surface area contributed by atoms with E-state index in [1.807, 2.05) is 11.8 Å². The predicted octanol–water partition coefficient (Wildman–Crippen LogP) is 3.76. The first-order valence-electron chi connectivity index (χ1n) is 9.62. The van der Waals surface area contributed by atoms with Gasteiger partial charge < -0.3 is 15.0 Å². The van der Waals surface area contributed by atoms with Gasteiger partial charge in [-0.05, 0) is 39.0 Å². The van der Waals surface area contributed by atoms with Gasteiger partial charge in [0.25, 0.3) is 0 Å². The first kappa shape index (κ1) is 20.4. The third-order valence-corrected chi connectivity index (χ3v) is 5.23. The molecule has 0 bridgehead atoms. The number of hydrogen-bond donors (Lipinski definition) is 2. The quantitative estimate of drug-likeness (QED) is 0.769. The number of ether oxygens (including phenoxy) is 1. The second-order valence-electron chi connectivity index (χ2n) is 8.01. The number of pyridine rings is 2. The molecular formula is C20H22F3N5O2. The monoisotopic (exact) mass is 421 g/mol. The van der Waals surface area contributed by atoms with Gasteiger partial charge in [-0.25, -0.2) is 14.8 Å². The zero-order valence-electron chi connectivity index (χ0n) is 16.8. The number of aromatic nitrogens is 2. The standard InChI is InChI=1S/C20H22F3N5O2/c1-11-10-28(7-6-24-11)15-9-12(20(21,22)23)8-14(26-15)13-4-5-25-17-16(13)19(2,3)30-18(29)27-17/h4-5,8-9,11,24H,6-7,10H2,1-3H3,(H,25,27,29)/t11-/m0/s1. The Hall–Kier alpha value is -2.88. The molecule has 1 fully saturated rings. The van der Waals surface area contributed by atoms with Crippen LogP contribution in [0.4, 0.5) is 29.6 Å². The Balaban J connectivity index is 1.89. The van der Waals surface area contributed by atoms with E-state index in [9.17, 15) is 18.0 Å². The molecular weight excluding hydrogens is 399 g/mol. The van der Waals surface area contributed by atoms with E-state index in [4.69, 9.17) is 4.74 Å². The number of nitrogens with zero attached hydrogens (tertiary/aromatic N) is 3. The molecule has 2 aromatic heterocycles. The molecule has 0 radical (unpaired) electrons. The number of amides is 1. The van der Waals surface area contributed by atoms with Crippen molar-refractivity contribution in [2.75, 3.05) is 29.9 Å². The number of carbonyl (C=O) groups is 1. The lowest BCUT2D eigenvalue weighted by Gasteiger charge is -2.34. The van der Waals surface area contributed by atoms with Crippen LogP contribution in [0, 0.1) is 0 Å². The van der Waals surface area contributed by atoms with Crippen LogP contribution in [0.1, 0.15) is 31.9 Å². The van der Waals surface area contributed by atoms with Crippen LogP contribution in [0.2, 0.25) is 0 Å². The Morgan fingerprint density at radius 2 is 2.07 bits per heavy atom. The molecule has 0 aliphatic carbocycles. The Bertz CT molecular complexity index is 993. The largest absolute Gasteiger partial charge is 0.438 e. The molecule has 0 spiro atoms. The number of alkyl halides is 3. The Kier molecular flexibility index (Phi) is 4.84. The number of nitrogens with one attached hydrogen (secondary N) is 2. The highest BCUT2D eigenvalue weighted by Gasteiger charge is 2.38. The minimum Gasteiger partial charge on any atom is -0.438 e. The van der Waals surface area contributed by atoms with Crippen molar-refractivity contribution < 1.29 is 22.7 Å². The third kappa shape index (κ3) is 3.79. The van der Waals surface area contributed by atoms with Crippen LogP contribution in [0.3, 0.4) is 0 Å². The molecule has 30 heavy (non-hydrogen) atoms. The average Bonchev–Trinajstić information content (AvgIpc) is 2.65. The molecule has 7 nitrogen and oxygen atoms in total. The fourth-order valence-corrected chi connectivity index (χ4v) is 3.90. The first-order valence-corrected chi connectivity index (χ1v) is 9.62. The number of cyclic esters (lactones) is 1. The summed E-state index contributed by atoms with van der Waals surface area (Å²) >= 11 is 0. The fourth-order valence-electron chi connectivity index (χ4n) is 3.90. The summed E-state index contributed by atoms with van der Waals surface area (Å²) in [6, 6.07) is 3.83. The molecule has 4 rings (SSSR count). The molecule has 0 unspecified atom stereocenters. The van der Waals surface area contributed by atoms with E-state index in [2.05, 4.69) is 20.6 Å². The van der Waals surface area contributed by atoms with Crippen LogP contribution in [-0.2, 0) is 16.5 Å². The van der Waals surface area contributed by atoms with Gasteiger partial charge in [-0.3, -0.25) is 5.32 Å². The maximum Gasteiger partial charge on any atom is 0.416 e.